The average Bonchev–Trinajstić information content (AvgIpc) is 2.95. The highest BCUT2D eigenvalue weighted by molar-refractivity contribution is 7.92. The van der Waals surface area contributed by atoms with Crippen LogP contribution in [0.15, 0.2) is 71.6 Å². The van der Waals surface area contributed by atoms with Gasteiger partial charge in [0.05, 0.1) is 24.8 Å². The maximum atomic E-state index is 14.0. The maximum absolute atomic E-state index is 14.0. The number of rotatable bonds is 12. The highest BCUT2D eigenvalue weighted by Crippen LogP contribution is 2.36. The summed E-state index contributed by atoms with van der Waals surface area (Å²) in [6.07, 6.45) is 0. The lowest BCUT2D eigenvalue weighted by molar-refractivity contribution is -0.139. The summed E-state index contributed by atoms with van der Waals surface area (Å²) in [4.78, 5) is 28.1. The lowest BCUT2D eigenvalue weighted by atomic mass is 10.1. The highest BCUT2D eigenvalue weighted by Gasteiger charge is 2.34. The van der Waals surface area contributed by atoms with E-state index in [4.69, 9.17) is 32.7 Å². The standard InChI is InChI=1S/C28H31Cl2N3O6S/c1-5-31-28(35)19(2)32(17-22-23(29)12-9-13-24(22)30)27(34)18-33(40(36,37)21-10-7-6-8-11-21)25-16-20(38-3)14-15-26(25)39-4/h6-16,19H,5,17-18H2,1-4H3,(H,31,35)/t19-/m0/s1. The predicted octanol–water partition coefficient (Wildman–Crippen LogP) is 4.76. The van der Waals surface area contributed by atoms with Crippen molar-refractivity contribution in [3.8, 4) is 11.5 Å². The van der Waals surface area contributed by atoms with Crippen LogP contribution in [0, 0.1) is 0 Å². The molecule has 1 atom stereocenters. The smallest absolute Gasteiger partial charge is 0.264 e. The van der Waals surface area contributed by atoms with E-state index in [0.29, 0.717) is 27.9 Å². The molecule has 0 heterocycles. The quantitative estimate of drug-likeness (QED) is 0.318. The van der Waals surface area contributed by atoms with Gasteiger partial charge < -0.3 is 19.7 Å². The summed E-state index contributed by atoms with van der Waals surface area (Å²) in [5.74, 6) is -0.535. The van der Waals surface area contributed by atoms with Crippen molar-refractivity contribution >= 4 is 50.7 Å². The van der Waals surface area contributed by atoms with Crippen LogP contribution in [-0.2, 0) is 26.2 Å². The van der Waals surface area contributed by atoms with Crippen LogP contribution in [0.1, 0.15) is 19.4 Å². The minimum absolute atomic E-state index is 0.0369. The summed E-state index contributed by atoms with van der Waals surface area (Å²) in [5.41, 5.74) is 0.507. The normalized spacial score (nSPS) is 11.8. The fourth-order valence-corrected chi connectivity index (χ4v) is 5.94. The third-order valence-corrected chi connectivity index (χ3v) is 8.66. The van der Waals surface area contributed by atoms with Gasteiger partial charge in [0, 0.05) is 34.8 Å². The summed E-state index contributed by atoms with van der Waals surface area (Å²) < 4.78 is 39.7. The molecule has 0 bridgehead atoms. The summed E-state index contributed by atoms with van der Waals surface area (Å²) in [7, 11) is -1.46. The van der Waals surface area contributed by atoms with Crippen LogP contribution in [0.3, 0.4) is 0 Å². The van der Waals surface area contributed by atoms with Crippen molar-refractivity contribution in [2.45, 2.75) is 31.3 Å². The topological polar surface area (TPSA) is 105 Å². The van der Waals surface area contributed by atoms with Crippen molar-refractivity contribution in [2.24, 2.45) is 0 Å². The van der Waals surface area contributed by atoms with Gasteiger partial charge in [-0.2, -0.15) is 0 Å². The number of hydrogen-bond acceptors (Lipinski definition) is 6. The Morgan fingerprint density at radius 3 is 2.17 bits per heavy atom. The minimum atomic E-state index is -4.29. The molecule has 0 saturated heterocycles. The number of hydrogen-bond donors (Lipinski definition) is 1. The number of amides is 2. The Labute approximate surface area is 244 Å². The lowest BCUT2D eigenvalue weighted by Crippen LogP contribution is -2.51. The van der Waals surface area contributed by atoms with E-state index in [9.17, 15) is 18.0 Å². The monoisotopic (exact) mass is 607 g/mol. The molecule has 0 unspecified atom stereocenters. The van der Waals surface area contributed by atoms with Crippen LogP contribution in [0.5, 0.6) is 11.5 Å². The van der Waals surface area contributed by atoms with Gasteiger partial charge in [-0.3, -0.25) is 13.9 Å². The fraction of sp³-hybridized carbons (Fsp3) is 0.286. The predicted molar refractivity (Wildman–Crippen MR) is 156 cm³/mol. The fourth-order valence-electron chi connectivity index (χ4n) is 3.98. The second-order valence-electron chi connectivity index (χ2n) is 8.65. The number of sulfonamides is 1. The highest BCUT2D eigenvalue weighted by atomic mass is 35.5. The summed E-state index contributed by atoms with van der Waals surface area (Å²) >= 11 is 12.8. The van der Waals surface area contributed by atoms with E-state index in [2.05, 4.69) is 5.32 Å². The molecule has 9 nitrogen and oxygen atoms in total. The first kappa shape index (κ1) is 31.1. The molecular weight excluding hydrogens is 577 g/mol. The molecule has 214 valence electrons. The van der Waals surface area contributed by atoms with Crippen molar-refractivity contribution in [2.75, 3.05) is 31.6 Å². The Balaban J connectivity index is 2.15. The molecule has 0 aliphatic heterocycles. The van der Waals surface area contributed by atoms with E-state index in [1.807, 2.05) is 0 Å². The van der Waals surface area contributed by atoms with E-state index in [1.165, 1.54) is 37.3 Å². The molecule has 3 aromatic rings. The zero-order valence-electron chi connectivity index (χ0n) is 22.6. The van der Waals surface area contributed by atoms with Crippen molar-refractivity contribution in [3.63, 3.8) is 0 Å². The number of carbonyl (C=O) groups excluding carboxylic acids is 2. The molecule has 0 radical (unpaired) electrons. The first-order valence-electron chi connectivity index (χ1n) is 12.3. The zero-order valence-corrected chi connectivity index (χ0v) is 24.9. The average molecular weight is 609 g/mol. The molecule has 0 aliphatic rings. The number of anilines is 1. The van der Waals surface area contributed by atoms with Crippen molar-refractivity contribution in [1.29, 1.82) is 0 Å². The van der Waals surface area contributed by atoms with Crippen LogP contribution in [-0.4, -0.2) is 58.5 Å². The molecule has 3 rings (SSSR count). The lowest BCUT2D eigenvalue weighted by Gasteiger charge is -2.32. The van der Waals surface area contributed by atoms with Gasteiger partial charge in [0.25, 0.3) is 10.0 Å². The first-order chi connectivity index (χ1) is 19.0. The van der Waals surface area contributed by atoms with E-state index in [1.54, 1.807) is 62.4 Å². The van der Waals surface area contributed by atoms with Crippen LogP contribution in [0.4, 0.5) is 5.69 Å². The Morgan fingerprint density at radius 1 is 0.950 bits per heavy atom. The van der Waals surface area contributed by atoms with Gasteiger partial charge in [0.1, 0.15) is 24.1 Å². The van der Waals surface area contributed by atoms with Crippen LogP contribution in [0.25, 0.3) is 0 Å². The number of methoxy groups -OCH3 is 2. The molecule has 0 aliphatic carbocycles. The van der Waals surface area contributed by atoms with Gasteiger partial charge in [-0.1, -0.05) is 47.5 Å². The Kier molecular flexibility index (Phi) is 10.7. The van der Waals surface area contributed by atoms with Gasteiger partial charge in [-0.05, 0) is 50.2 Å². The number of halogens is 2. The van der Waals surface area contributed by atoms with Gasteiger partial charge in [0.15, 0.2) is 0 Å². The third-order valence-electron chi connectivity index (χ3n) is 6.17. The number of nitrogens with one attached hydrogen (secondary N) is 1. The molecule has 0 aromatic heterocycles. The van der Waals surface area contributed by atoms with E-state index >= 15 is 0 Å². The summed E-state index contributed by atoms with van der Waals surface area (Å²) in [6, 6.07) is 16.3. The van der Waals surface area contributed by atoms with E-state index in [0.717, 1.165) is 4.31 Å². The molecule has 0 fully saturated rings. The maximum Gasteiger partial charge on any atom is 0.264 e. The SMILES string of the molecule is CCNC(=O)[C@H](C)N(Cc1c(Cl)cccc1Cl)C(=O)CN(c1cc(OC)ccc1OC)S(=O)(=O)c1ccccc1. The number of ether oxygens (including phenoxy) is 2. The van der Waals surface area contributed by atoms with Gasteiger partial charge in [-0.15, -0.1) is 0 Å². The number of benzene rings is 3. The molecule has 0 saturated carbocycles. The second-order valence-corrected chi connectivity index (χ2v) is 11.3. The Hall–Kier alpha value is -3.47. The van der Waals surface area contributed by atoms with Gasteiger partial charge >= 0.3 is 0 Å². The van der Waals surface area contributed by atoms with Crippen molar-refractivity contribution < 1.29 is 27.5 Å². The first-order valence-corrected chi connectivity index (χ1v) is 14.5. The largest absolute Gasteiger partial charge is 0.497 e. The van der Waals surface area contributed by atoms with Gasteiger partial charge in [-0.25, -0.2) is 8.42 Å². The molecule has 3 aromatic carbocycles. The molecule has 2 amide bonds. The van der Waals surface area contributed by atoms with E-state index in [-0.39, 0.29) is 22.9 Å². The van der Waals surface area contributed by atoms with Crippen molar-refractivity contribution in [3.05, 3.63) is 82.3 Å². The Bertz CT molecular complexity index is 1430. The molecule has 1 N–H and O–H groups in total. The zero-order chi connectivity index (χ0) is 29.4. The Morgan fingerprint density at radius 2 is 1.60 bits per heavy atom. The van der Waals surface area contributed by atoms with Crippen molar-refractivity contribution in [1.82, 2.24) is 10.2 Å². The van der Waals surface area contributed by atoms with Crippen LogP contribution >= 0.6 is 23.2 Å². The molecule has 40 heavy (non-hydrogen) atoms. The minimum Gasteiger partial charge on any atom is -0.497 e. The number of nitrogens with zero attached hydrogens (tertiary/aromatic N) is 2. The molecule has 12 heteroatoms. The summed E-state index contributed by atoms with van der Waals surface area (Å²) in [5, 5.41) is 3.31. The third kappa shape index (κ3) is 6.99. The number of likely N-dealkylation sites (N-methyl/N-ethyl adjacent to an activating group) is 1. The second kappa shape index (κ2) is 13.7. The van der Waals surface area contributed by atoms with Crippen LogP contribution < -0.4 is 19.1 Å². The summed E-state index contributed by atoms with van der Waals surface area (Å²) in [6.45, 7) is 2.85. The van der Waals surface area contributed by atoms with Gasteiger partial charge in [0.2, 0.25) is 11.8 Å². The number of carbonyl (C=O) groups is 2. The van der Waals surface area contributed by atoms with E-state index < -0.39 is 34.4 Å². The molecular formula is C28H31Cl2N3O6S. The molecule has 0 spiro atoms. The van der Waals surface area contributed by atoms with Crippen LogP contribution in [0.2, 0.25) is 10.0 Å².